The zero-order valence-corrected chi connectivity index (χ0v) is 8.99. The van der Waals surface area contributed by atoms with Crippen LogP contribution in [0.15, 0.2) is 42.0 Å². The van der Waals surface area contributed by atoms with E-state index in [1.165, 1.54) is 12.0 Å². The van der Waals surface area contributed by atoms with Gasteiger partial charge in [0.25, 0.3) is 0 Å². The molecule has 62 valence electrons. The van der Waals surface area contributed by atoms with E-state index in [2.05, 4.69) is 59.0 Å². The molecule has 2 rings (SSSR count). The fraction of sp³-hybridized carbons (Fsp3) is 0.273. The van der Waals surface area contributed by atoms with Gasteiger partial charge in [0, 0.05) is 3.92 Å². The molecular weight excluding hydrogens is 259 g/mol. The van der Waals surface area contributed by atoms with Gasteiger partial charge in [-0.1, -0.05) is 64.6 Å². The van der Waals surface area contributed by atoms with Crippen molar-refractivity contribution >= 4 is 22.6 Å². The summed E-state index contributed by atoms with van der Waals surface area (Å²) in [6.07, 6.45) is 4.77. The summed E-state index contributed by atoms with van der Waals surface area (Å²) in [5.41, 5.74) is 3.03. The Labute approximate surface area is 86.8 Å². The maximum absolute atomic E-state index is 2.51. The fourth-order valence-corrected chi connectivity index (χ4v) is 2.12. The SMILES string of the molecule is IC1CC=C1Cc1ccccc1. The van der Waals surface area contributed by atoms with Crippen molar-refractivity contribution in [1.82, 2.24) is 0 Å². The Kier molecular flexibility index (Phi) is 2.49. The molecule has 1 unspecified atom stereocenters. The second-order valence-corrected chi connectivity index (χ2v) is 4.65. The first-order valence-electron chi connectivity index (χ1n) is 4.23. The van der Waals surface area contributed by atoms with Gasteiger partial charge < -0.3 is 0 Å². The van der Waals surface area contributed by atoms with Crippen LogP contribution in [0.25, 0.3) is 0 Å². The lowest BCUT2D eigenvalue weighted by atomic mass is 9.93. The quantitative estimate of drug-likeness (QED) is 0.439. The molecular formula is C11H11I. The first-order chi connectivity index (χ1) is 5.86. The largest absolute Gasteiger partial charge is 0.0826 e. The average molecular weight is 270 g/mol. The molecule has 0 saturated carbocycles. The standard InChI is InChI=1S/C11H11I/c12-11-7-6-10(11)8-9-4-2-1-3-5-9/h1-6,11H,7-8H2. The van der Waals surface area contributed by atoms with Gasteiger partial charge in [0.1, 0.15) is 0 Å². The highest BCUT2D eigenvalue weighted by atomic mass is 127. The van der Waals surface area contributed by atoms with Crippen LogP contribution < -0.4 is 0 Å². The van der Waals surface area contributed by atoms with Gasteiger partial charge in [0.2, 0.25) is 0 Å². The third-order valence-corrected chi connectivity index (χ3v) is 3.55. The molecule has 0 fully saturated rings. The van der Waals surface area contributed by atoms with Gasteiger partial charge in [0.05, 0.1) is 0 Å². The van der Waals surface area contributed by atoms with Gasteiger partial charge >= 0.3 is 0 Å². The third-order valence-electron chi connectivity index (χ3n) is 2.24. The Bertz CT molecular complexity index is 287. The zero-order valence-electron chi connectivity index (χ0n) is 6.83. The molecule has 0 nitrogen and oxygen atoms in total. The van der Waals surface area contributed by atoms with Crippen LogP contribution in [0.1, 0.15) is 12.0 Å². The predicted molar refractivity (Wildman–Crippen MR) is 60.7 cm³/mol. The Morgan fingerprint density at radius 1 is 1.25 bits per heavy atom. The Morgan fingerprint density at radius 2 is 2.00 bits per heavy atom. The van der Waals surface area contributed by atoms with E-state index < -0.39 is 0 Å². The van der Waals surface area contributed by atoms with Gasteiger partial charge in [-0.3, -0.25) is 0 Å². The van der Waals surface area contributed by atoms with Crippen molar-refractivity contribution < 1.29 is 0 Å². The molecule has 0 heterocycles. The maximum atomic E-state index is 2.51. The molecule has 1 aliphatic rings. The summed E-state index contributed by atoms with van der Waals surface area (Å²) in [6.45, 7) is 0. The number of rotatable bonds is 2. The van der Waals surface area contributed by atoms with Crippen LogP contribution in [0, 0.1) is 0 Å². The fourth-order valence-electron chi connectivity index (χ4n) is 1.39. The summed E-state index contributed by atoms with van der Waals surface area (Å²) in [7, 11) is 0. The Morgan fingerprint density at radius 3 is 2.50 bits per heavy atom. The van der Waals surface area contributed by atoms with Crippen molar-refractivity contribution in [3.63, 3.8) is 0 Å². The maximum Gasteiger partial charge on any atom is 0.0356 e. The van der Waals surface area contributed by atoms with Gasteiger partial charge in [-0.05, 0) is 18.4 Å². The van der Waals surface area contributed by atoms with E-state index in [1.807, 2.05) is 0 Å². The van der Waals surface area contributed by atoms with Crippen molar-refractivity contribution in [2.75, 3.05) is 0 Å². The van der Waals surface area contributed by atoms with Crippen molar-refractivity contribution in [1.29, 1.82) is 0 Å². The minimum atomic E-state index is 0.794. The van der Waals surface area contributed by atoms with Crippen molar-refractivity contribution in [3.05, 3.63) is 47.5 Å². The van der Waals surface area contributed by atoms with Crippen molar-refractivity contribution in [3.8, 4) is 0 Å². The molecule has 0 amide bonds. The third kappa shape index (κ3) is 1.71. The number of benzene rings is 1. The molecule has 0 radical (unpaired) electrons. The first kappa shape index (κ1) is 8.30. The summed E-state index contributed by atoms with van der Waals surface area (Å²) in [5, 5.41) is 0. The van der Waals surface area contributed by atoms with Crippen LogP contribution in [0.3, 0.4) is 0 Å². The van der Waals surface area contributed by atoms with Crippen LogP contribution in [0.5, 0.6) is 0 Å². The molecule has 0 bridgehead atoms. The predicted octanol–water partition coefficient (Wildman–Crippen LogP) is 3.36. The molecule has 0 N–H and O–H groups in total. The molecule has 1 aliphatic carbocycles. The number of hydrogen-bond donors (Lipinski definition) is 0. The minimum Gasteiger partial charge on any atom is -0.0826 e. The normalized spacial score (nSPS) is 21.4. The smallest absolute Gasteiger partial charge is 0.0356 e. The zero-order chi connectivity index (χ0) is 8.39. The number of alkyl halides is 1. The Balaban J connectivity index is 2.05. The summed E-state index contributed by atoms with van der Waals surface area (Å²) >= 11 is 2.51. The summed E-state index contributed by atoms with van der Waals surface area (Å²) in [6, 6.07) is 10.7. The van der Waals surface area contributed by atoms with E-state index in [1.54, 1.807) is 5.57 Å². The van der Waals surface area contributed by atoms with Gasteiger partial charge in [0.15, 0.2) is 0 Å². The van der Waals surface area contributed by atoms with Crippen LogP contribution >= 0.6 is 22.6 Å². The summed E-state index contributed by atoms with van der Waals surface area (Å²) in [5.74, 6) is 0. The average Bonchev–Trinajstić information content (AvgIpc) is 2.14. The highest BCUT2D eigenvalue weighted by molar-refractivity contribution is 14.1. The molecule has 1 aromatic rings. The van der Waals surface area contributed by atoms with Crippen LogP contribution in [0.2, 0.25) is 0 Å². The second kappa shape index (κ2) is 3.60. The van der Waals surface area contributed by atoms with Crippen LogP contribution in [-0.2, 0) is 6.42 Å². The lowest BCUT2D eigenvalue weighted by molar-refractivity contribution is 0.874. The van der Waals surface area contributed by atoms with E-state index in [-0.39, 0.29) is 0 Å². The van der Waals surface area contributed by atoms with E-state index in [4.69, 9.17) is 0 Å². The molecule has 0 saturated heterocycles. The molecule has 1 atom stereocenters. The highest BCUT2D eigenvalue weighted by Crippen LogP contribution is 2.29. The minimum absolute atomic E-state index is 0.794. The lowest BCUT2D eigenvalue weighted by Gasteiger charge is -2.21. The Hall–Kier alpha value is -0.310. The lowest BCUT2D eigenvalue weighted by Crippen LogP contribution is -2.12. The monoisotopic (exact) mass is 270 g/mol. The highest BCUT2D eigenvalue weighted by Gasteiger charge is 2.17. The number of hydrogen-bond acceptors (Lipinski definition) is 0. The summed E-state index contributed by atoms with van der Waals surface area (Å²) < 4.78 is 0.794. The number of halogens is 1. The molecule has 1 heteroatoms. The van der Waals surface area contributed by atoms with E-state index >= 15 is 0 Å². The van der Waals surface area contributed by atoms with Gasteiger partial charge in [-0.25, -0.2) is 0 Å². The van der Waals surface area contributed by atoms with Crippen molar-refractivity contribution in [2.24, 2.45) is 0 Å². The van der Waals surface area contributed by atoms with E-state index in [0.29, 0.717) is 0 Å². The van der Waals surface area contributed by atoms with Gasteiger partial charge in [-0.2, -0.15) is 0 Å². The topological polar surface area (TPSA) is 0 Å². The molecule has 0 spiro atoms. The van der Waals surface area contributed by atoms with Gasteiger partial charge in [-0.15, -0.1) is 0 Å². The van der Waals surface area contributed by atoms with Crippen molar-refractivity contribution in [2.45, 2.75) is 16.8 Å². The molecule has 1 aromatic carbocycles. The van der Waals surface area contributed by atoms with E-state index in [0.717, 1.165) is 10.3 Å². The molecule has 0 aliphatic heterocycles. The number of allylic oxidation sites excluding steroid dienone is 2. The van der Waals surface area contributed by atoms with E-state index in [9.17, 15) is 0 Å². The first-order valence-corrected chi connectivity index (χ1v) is 5.48. The second-order valence-electron chi connectivity index (χ2n) is 3.14. The summed E-state index contributed by atoms with van der Waals surface area (Å²) in [4.78, 5) is 0. The molecule has 12 heavy (non-hydrogen) atoms. The van der Waals surface area contributed by atoms with Crippen LogP contribution in [-0.4, -0.2) is 3.92 Å². The molecule has 0 aromatic heterocycles. The van der Waals surface area contributed by atoms with Crippen LogP contribution in [0.4, 0.5) is 0 Å².